The van der Waals surface area contributed by atoms with E-state index in [-0.39, 0.29) is 6.10 Å². The maximum Gasteiger partial charge on any atom is 0.134 e. The molecule has 0 saturated heterocycles. The van der Waals surface area contributed by atoms with Gasteiger partial charge in [-0.15, -0.1) is 0 Å². The molecule has 0 aliphatic rings. The molecule has 3 heteroatoms. The summed E-state index contributed by atoms with van der Waals surface area (Å²) in [6, 6.07) is 6.15. The summed E-state index contributed by atoms with van der Waals surface area (Å²) in [6.45, 7) is 8.77. The van der Waals surface area contributed by atoms with Gasteiger partial charge in [-0.25, -0.2) is 0 Å². The Balaban J connectivity index is 2.61. The van der Waals surface area contributed by atoms with Gasteiger partial charge in [-0.2, -0.15) is 0 Å². The molecule has 0 aliphatic heterocycles. The fraction of sp³-hybridized carbons (Fsp3) is 0.600. The molecule has 3 nitrogen and oxygen atoms in total. The first kappa shape index (κ1) is 15.0. The van der Waals surface area contributed by atoms with Gasteiger partial charge in [0, 0.05) is 13.7 Å². The highest BCUT2D eigenvalue weighted by Crippen LogP contribution is 2.21. The zero-order chi connectivity index (χ0) is 13.4. The molecular weight excluding hydrogens is 226 g/mol. The average Bonchev–Trinajstić information content (AvgIpc) is 2.35. The van der Waals surface area contributed by atoms with Crippen LogP contribution in [0, 0.1) is 13.8 Å². The number of hydrogen-bond donors (Lipinski definition) is 1. The van der Waals surface area contributed by atoms with E-state index in [2.05, 4.69) is 32.2 Å². The van der Waals surface area contributed by atoms with Crippen molar-refractivity contribution in [1.29, 1.82) is 0 Å². The molecule has 0 aromatic heterocycles. The van der Waals surface area contributed by atoms with Crippen molar-refractivity contribution in [1.82, 2.24) is 5.32 Å². The third kappa shape index (κ3) is 4.67. The van der Waals surface area contributed by atoms with Crippen LogP contribution in [0.2, 0.25) is 0 Å². The summed E-state index contributed by atoms with van der Waals surface area (Å²) < 4.78 is 11.2. The molecule has 1 unspecified atom stereocenters. The summed E-state index contributed by atoms with van der Waals surface area (Å²) in [5.41, 5.74) is 2.46. The quantitative estimate of drug-likeness (QED) is 0.721. The van der Waals surface area contributed by atoms with Crippen molar-refractivity contribution in [2.75, 3.05) is 26.8 Å². The van der Waals surface area contributed by atoms with E-state index in [1.807, 2.05) is 12.1 Å². The lowest BCUT2D eigenvalue weighted by Crippen LogP contribution is -2.35. The van der Waals surface area contributed by atoms with E-state index >= 15 is 0 Å². The van der Waals surface area contributed by atoms with Crippen LogP contribution in [0.15, 0.2) is 18.2 Å². The summed E-state index contributed by atoms with van der Waals surface area (Å²) in [5, 5.41) is 3.37. The first-order valence-corrected chi connectivity index (χ1v) is 6.61. The number of hydrogen-bond acceptors (Lipinski definition) is 3. The van der Waals surface area contributed by atoms with Gasteiger partial charge in [0.1, 0.15) is 11.9 Å². The van der Waals surface area contributed by atoms with Gasteiger partial charge in [0.25, 0.3) is 0 Å². The van der Waals surface area contributed by atoms with E-state index in [4.69, 9.17) is 9.47 Å². The highest BCUT2D eigenvalue weighted by Gasteiger charge is 2.11. The number of aryl methyl sites for hydroxylation is 1. The van der Waals surface area contributed by atoms with Gasteiger partial charge in [-0.3, -0.25) is 0 Å². The molecule has 1 aromatic rings. The molecule has 0 aliphatic carbocycles. The second-order valence-electron chi connectivity index (χ2n) is 4.60. The van der Waals surface area contributed by atoms with E-state index in [0.717, 1.165) is 25.3 Å². The highest BCUT2D eigenvalue weighted by atomic mass is 16.5. The molecule has 1 aromatic carbocycles. The second-order valence-corrected chi connectivity index (χ2v) is 4.60. The minimum atomic E-state index is 0.0575. The van der Waals surface area contributed by atoms with E-state index in [1.54, 1.807) is 7.11 Å². The van der Waals surface area contributed by atoms with Crippen LogP contribution >= 0.6 is 0 Å². The molecule has 0 amide bonds. The van der Waals surface area contributed by atoms with Gasteiger partial charge in [0.05, 0.1) is 6.61 Å². The maximum absolute atomic E-state index is 6.03. The van der Waals surface area contributed by atoms with Crippen LogP contribution in [-0.2, 0) is 4.74 Å². The Morgan fingerprint density at radius 2 is 2.06 bits per heavy atom. The Bertz CT molecular complexity index is 352. The Morgan fingerprint density at radius 1 is 1.28 bits per heavy atom. The molecule has 0 radical (unpaired) electrons. The Labute approximate surface area is 110 Å². The van der Waals surface area contributed by atoms with Crippen LogP contribution in [-0.4, -0.2) is 32.9 Å². The van der Waals surface area contributed by atoms with Crippen molar-refractivity contribution in [3.63, 3.8) is 0 Å². The molecule has 0 fully saturated rings. The summed E-state index contributed by atoms with van der Waals surface area (Å²) in [7, 11) is 1.71. The molecule has 1 N–H and O–H groups in total. The second kappa shape index (κ2) is 8.11. The molecule has 0 saturated carbocycles. The molecule has 1 atom stereocenters. The molecule has 0 heterocycles. The van der Waals surface area contributed by atoms with Crippen molar-refractivity contribution in [2.45, 2.75) is 33.3 Å². The van der Waals surface area contributed by atoms with Crippen molar-refractivity contribution in [3.05, 3.63) is 29.3 Å². The molecule has 0 bridgehead atoms. The third-order valence-corrected chi connectivity index (χ3v) is 3.00. The Morgan fingerprint density at radius 3 is 2.72 bits per heavy atom. The standard InChI is InChI=1S/C15H25NO2/c1-5-9-16-10-14(11-17-4)18-15-8-6-7-12(2)13(15)3/h6-8,14,16H,5,9-11H2,1-4H3. The van der Waals surface area contributed by atoms with Crippen LogP contribution in [0.1, 0.15) is 24.5 Å². The summed E-state index contributed by atoms with van der Waals surface area (Å²) in [5.74, 6) is 0.954. The fourth-order valence-corrected chi connectivity index (χ4v) is 1.79. The van der Waals surface area contributed by atoms with Gasteiger partial charge in [0.15, 0.2) is 0 Å². The average molecular weight is 251 g/mol. The van der Waals surface area contributed by atoms with Crippen molar-refractivity contribution in [3.8, 4) is 5.75 Å². The fourth-order valence-electron chi connectivity index (χ4n) is 1.79. The van der Waals surface area contributed by atoms with E-state index in [9.17, 15) is 0 Å². The molecule has 102 valence electrons. The maximum atomic E-state index is 6.03. The summed E-state index contributed by atoms with van der Waals surface area (Å²) >= 11 is 0. The Hall–Kier alpha value is -1.06. The normalized spacial score (nSPS) is 12.4. The predicted molar refractivity (Wildman–Crippen MR) is 75.4 cm³/mol. The van der Waals surface area contributed by atoms with Crippen LogP contribution < -0.4 is 10.1 Å². The zero-order valence-electron chi connectivity index (χ0n) is 12.0. The SMILES string of the molecule is CCCNCC(COC)Oc1cccc(C)c1C. The molecular formula is C15H25NO2. The lowest BCUT2D eigenvalue weighted by Gasteiger charge is -2.20. The van der Waals surface area contributed by atoms with Gasteiger partial charge in [0.2, 0.25) is 0 Å². The monoisotopic (exact) mass is 251 g/mol. The summed E-state index contributed by atoms with van der Waals surface area (Å²) in [4.78, 5) is 0. The molecule has 18 heavy (non-hydrogen) atoms. The summed E-state index contributed by atoms with van der Waals surface area (Å²) in [6.07, 6.45) is 1.19. The van der Waals surface area contributed by atoms with Gasteiger partial charge in [-0.05, 0) is 44.0 Å². The third-order valence-electron chi connectivity index (χ3n) is 3.00. The predicted octanol–water partition coefficient (Wildman–Crippen LogP) is 2.70. The first-order chi connectivity index (χ1) is 8.69. The van der Waals surface area contributed by atoms with Crippen LogP contribution in [0.25, 0.3) is 0 Å². The van der Waals surface area contributed by atoms with Crippen molar-refractivity contribution >= 4 is 0 Å². The first-order valence-electron chi connectivity index (χ1n) is 6.61. The lowest BCUT2D eigenvalue weighted by molar-refractivity contribution is 0.0802. The van der Waals surface area contributed by atoms with Crippen LogP contribution in [0.3, 0.4) is 0 Å². The number of benzene rings is 1. The number of nitrogens with one attached hydrogen (secondary N) is 1. The van der Waals surface area contributed by atoms with E-state index < -0.39 is 0 Å². The van der Waals surface area contributed by atoms with Crippen molar-refractivity contribution < 1.29 is 9.47 Å². The minimum absolute atomic E-state index is 0.0575. The number of methoxy groups -OCH3 is 1. The largest absolute Gasteiger partial charge is 0.486 e. The van der Waals surface area contributed by atoms with Gasteiger partial charge in [-0.1, -0.05) is 19.1 Å². The van der Waals surface area contributed by atoms with Crippen LogP contribution in [0.4, 0.5) is 0 Å². The van der Waals surface area contributed by atoms with Gasteiger partial charge < -0.3 is 14.8 Å². The molecule has 0 spiro atoms. The van der Waals surface area contributed by atoms with Crippen molar-refractivity contribution in [2.24, 2.45) is 0 Å². The number of rotatable bonds is 8. The smallest absolute Gasteiger partial charge is 0.134 e. The topological polar surface area (TPSA) is 30.5 Å². The number of ether oxygens (including phenoxy) is 2. The lowest BCUT2D eigenvalue weighted by atomic mass is 10.1. The highest BCUT2D eigenvalue weighted by molar-refractivity contribution is 5.38. The minimum Gasteiger partial charge on any atom is -0.486 e. The molecule has 1 rings (SSSR count). The van der Waals surface area contributed by atoms with Gasteiger partial charge >= 0.3 is 0 Å². The van der Waals surface area contributed by atoms with E-state index in [0.29, 0.717) is 6.61 Å². The zero-order valence-corrected chi connectivity index (χ0v) is 12.0. The van der Waals surface area contributed by atoms with E-state index in [1.165, 1.54) is 11.1 Å². The Kier molecular flexibility index (Phi) is 6.76. The van der Waals surface area contributed by atoms with Crippen LogP contribution in [0.5, 0.6) is 5.75 Å².